The van der Waals surface area contributed by atoms with E-state index in [9.17, 15) is 13.2 Å². The Morgan fingerprint density at radius 1 is 1.28 bits per heavy atom. The Morgan fingerprint density at radius 2 is 2.03 bits per heavy atom. The Bertz CT molecular complexity index is 926. The Labute approximate surface area is 182 Å². The Balaban J connectivity index is 0.000000307. The lowest BCUT2D eigenvalue weighted by Crippen LogP contribution is -2.41. The van der Waals surface area contributed by atoms with Gasteiger partial charge in [-0.1, -0.05) is 0 Å². The van der Waals surface area contributed by atoms with E-state index in [1.807, 2.05) is 17.9 Å². The van der Waals surface area contributed by atoms with Gasteiger partial charge in [0.1, 0.15) is 0 Å². The third-order valence-corrected chi connectivity index (χ3v) is 6.07. The molecule has 2 aromatic heterocycles. The summed E-state index contributed by atoms with van der Waals surface area (Å²) < 4.78 is 45.6. The van der Waals surface area contributed by atoms with Gasteiger partial charge in [0.05, 0.1) is 25.3 Å². The van der Waals surface area contributed by atoms with Crippen LogP contribution in [0.1, 0.15) is 42.5 Å². The molecule has 3 aliphatic rings. The zero-order valence-electron chi connectivity index (χ0n) is 17.7. The highest BCUT2D eigenvalue weighted by atomic mass is 19.4. The molecule has 0 radical (unpaired) electrons. The predicted octanol–water partition coefficient (Wildman–Crippen LogP) is 2.39. The van der Waals surface area contributed by atoms with Gasteiger partial charge in [0.25, 0.3) is 0 Å². The molecule has 0 amide bonds. The van der Waals surface area contributed by atoms with Crippen molar-refractivity contribution in [3.63, 3.8) is 0 Å². The average Bonchev–Trinajstić information content (AvgIpc) is 3.13. The molecule has 176 valence electrons. The smallest absolute Gasteiger partial charge is 0.475 e. The minimum Gasteiger partial charge on any atom is -0.475 e. The number of carbonyl (C=O) groups is 1. The van der Waals surface area contributed by atoms with Crippen LogP contribution in [0.5, 0.6) is 0 Å². The second-order valence-corrected chi connectivity index (χ2v) is 8.66. The average molecular weight is 457 g/mol. The third kappa shape index (κ3) is 5.66. The first-order valence-electron chi connectivity index (χ1n) is 10.6. The number of piperidine rings is 1. The number of rotatable bonds is 5. The fourth-order valence-electron chi connectivity index (χ4n) is 4.34. The highest BCUT2D eigenvalue weighted by molar-refractivity contribution is 5.73. The zero-order valence-corrected chi connectivity index (χ0v) is 17.7. The van der Waals surface area contributed by atoms with Crippen molar-refractivity contribution in [2.45, 2.75) is 50.4 Å². The fourth-order valence-corrected chi connectivity index (χ4v) is 4.34. The van der Waals surface area contributed by atoms with E-state index in [1.165, 1.54) is 24.8 Å². The molecule has 2 saturated heterocycles. The van der Waals surface area contributed by atoms with Crippen LogP contribution in [0.25, 0.3) is 0 Å². The Kier molecular flexibility index (Phi) is 6.52. The SMILES string of the molecule is Cn1cc(CN2CC[C@@H]3[C@@H](CO[C@H]3Cc3nnc(C4CC4)o3)C2)cn1.O=C(O)C(F)(F)F. The van der Waals surface area contributed by atoms with Gasteiger partial charge in [0.2, 0.25) is 11.8 Å². The number of fused-ring (bicyclic) bond motifs is 1. The maximum atomic E-state index is 10.6. The number of halogens is 3. The zero-order chi connectivity index (χ0) is 22.9. The summed E-state index contributed by atoms with van der Waals surface area (Å²) in [4.78, 5) is 11.4. The summed E-state index contributed by atoms with van der Waals surface area (Å²) in [6.07, 6.45) is 3.55. The molecule has 1 saturated carbocycles. The van der Waals surface area contributed by atoms with Gasteiger partial charge in [-0.15, -0.1) is 10.2 Å². The first-order valence-corrected chi connectivity index (χ1v) is 10.6. The van der Waals surface area contributed by atoms with Crippen molar-refractivity contribution in [2.75, 3.05) is 19.7 Å². The van der Waals surface area contributed by atoms with E-state index in [1.54, 1.807) is 0 Å². The van der Waals surface area contributed by atoms with Gasteiger partial charge < -0.3 is 14.3 Å². The molecular weight excluding hydrogens is 431 g/mol. The molecule has 3 fully saturated rings. The minimum atomic E-state index is -5.08. The van der Waals surface area contributed by atoms with Gasteiger partial charge >= 0.3 is 12.1 Å². The van der Waals surface area contributed by atoms with E-state index in [2.05, 4.69) is 26.4 Å². The van der Waals surface area contributed by atoms with Crippen molar-refractivity contribution in [3.05, 3.63) is 29.7 Å². The van der Waals surface area contributed by atoms with Gasteiger partial charge in [0.15, 0.2) is 0 Å². The maximum Gasteiger partial charge on any atom is 0.490 e. The first-order chi connectivity index (χ1) is 15.2. The topological polar surface area (TPSA) is 107 Å². The van der Waals surface area contributed by atoms with Gasteiger partial charge in [-0.2, -0.15) is 18.3 Å². The standard InChI is InChI=1S/C18H25N5O2.C2HF3O2/c1-22-8-12(7-19-22)9-23-5-4-15-14(10-23)11-24-16(15)6-17-20-21-18(25-17)13-2-3-13;3-2(4,5)1(6)7/h7-8,13-16H,2-6,9-11H2,1H3;(H,6,7)/t14-,15-,16+;/m1./s1. The van der Waals surface area contributed by atoms with E-state index in [4.69, 9.17) is 19.1 Å². The Morgan fingerprint density at radius 3 is 2.66 bits per heavy atom. The van der Waals surface area contributed by atoms with Crippen molar-refractivity contribution in [2.24, 2.45) is 18.9 Å². The third-order valence-electron chi connectivity index (χ3n) is 6.07. The second-order valence-electron chi connectivity index (χ2n) is 8.66. The first kappa shape index (κ1) is 22.7. The molecule has 4 heterocycles. The monoisotopic (exact) mass is 457 g/mol. The van der Waals surface area contributed by atoms with Crippen molar-refractivity contribution in [1.82, 2.24) is 24.9 Å². The predicted molar refractivity (Wildman–Crippen MR) is 103 cm³/mol. The molecule has 3 atom stereocenters. The summed E-state index contributed by atoms with van der Waals surface area (Å²) in [6.45, 7) is 4.05. The van der Waals surface area contributed by atoms with Crippen LogP contribution in [-0.4, -0.2) is 67.9 Å². The molecule has 2 aliphatic heterocycles. The van der Waals surface area contributed by atoms with Crippen LogP contribution < -0.4 is 0 Å². The molecule has 1 N–H and O–H groups in total. The minimum absolute atomic E-state index is 0.234. The van der Waals surface area contributed by atoms with Gasteiger partial charge in [-0.25, -0.2) is 4.79 Å². The summed E-state index contributed by atoms with van der Waals surface area (Å²) in [5.41, 5.74) is 1.29. The summed E-state index contributed by atoms with van der Waals surface area (Å²) in [7, 11) is 1.97. The van der Waals surface area contributed by atoms with Crippen LogP contribution in [0.3, 0.4) is 0 Å². The number of hydrogen-bond acceptors (Lipinski definition) is 7. The highest BCUT2D eigenvalue weighted by Gasteiger charge is 2.41. The van der Waals surface area contributed by atoms with Crippen LogP contribution >= 0.6 is 0 Å². The lowest BCUT2D eigenvalue weighted by atomic mass is 9.83. The number of nitrogens with zero attached hydrogens (tertiary/aromatic N) is 5. The number of carboxylic acids is 1. The van der Waals surface area contributed by atoms with Crippen LogP contribution in [0.2, 0.25) is 0 Å². The number of likely N-dealkylation sites (tertiary alicyclic amines) is 1. The molecule has 0 bridgehead atoms. The van der Waals surface area contributed by atoms with Crippen LogP contribution in [0.15, 0.2) is 16.8 Å². The molecule has 5 rings (SSSR count). The maximum absolute atomic E-state index is 10.6. The summed E-state index contributed by atoms with van der Waals surface area (Å²) >= 11 is 0. The second kappa shape index (κ2) is 9.18. The van der Waals surface area contributed by atoms with Gasteiger partial charge in [0, 0.05) is 43.7 Å². The number of ether oxygens (including phenoxy) is 1. The molecule has 12 heteroatoms. The molecule has 0 spiro atoms. The van der Waals surface area contributed by atoms with Gasteiger partial charge in [-0.05, 0) is 31.7 Å². The largest absolute Gasteiger partial charge is 0.490 e. The summed E-state index contributed by atoms with van der Waals surface area (Å²) in [5, 5.41) is 19.8. The van der Waals surface area contributed by atoms with Crippen molar-refractivity contribution in [1.29, 1.82) is 0 Å². The van der Waals surface area contributed by atoms with Crippen molar-refractivity contribution < 1.29 is 32.2 Å². The quantitative estimate of drug-likeness (QED) is 0.730. The number of alkyl halides is 3. The van der Waals surface area contributed by atoms with Crippen LogP contribution in [-0.2, 0) is 29.5 Å². The lowest BCUT2D eigenvalue weighted by molar-refractivity contribution is -0.192. The van der Waals surface area contributed by atoms with E-state index in [0.29, 0.717) is 17.8 Å². The summed E-state index contributed by atoms with van der Waals surface area (Å²) in [6, 6.07) is 0. The summed E-state index contributed by atoms with van der Waals surface area (Å²) in [5.74, 6) is 0.575. The fraction of sp³-hybridized carbons (Fsp3) is 0.700. The van der Waals surface area contributed by atoms with E-state index >= 15 is 0 Å². The number of hydrogen-bond donors (Lipinski definition) is 1. The van der Waals surface area contributed by atoms with Crippen LogP contribution in [0, 0.1) is 11.8 Å². The lowest BCUT2D eigenvalue weighted by Gasteiger charge is -2.35. The number of aryl methyl sites for hydroxylation is 1. The molecule has 9 nitrogen and oxygen atoms in total. The van der Waals surface area contributed by atoms with E-state index in [0.717, 1.165) is 44.4 Å². The van der Waals surface area contributed by atoms with E-state index < -0.39 is 12.1 Å². The molecule has 1 aliphatic carbocycles. The highest BCUT2D eigenvalue weighted by Crippen LogP contribution is 2.40. The number of carboxylic acid groups (broad SMARTS) is 1. The number of aliphatic carboxylic acids is 1. The Hall–Kier alpha value is -2.47. The van der Waals surface area contributed by atoms with Crippen LogP contribution in [0.4, 0.5) is 13.2 Å². The molecule has 0 unspecified atom stereocenters. The normalized spacial score (nSPS) is 25.8. The molecule has 32 heavy (non-hydrogen) atoms. The van der Waals surface area contributed by atoms with Crippen molar-refractivity contribution in [3.8, 4) is 0 Å². The molecular formula is C20H26F3N5O4. The molecule has 2 aromatic rings. The molecule has 0 aromatic carbocycles. The van der Waals surface area contributed by atoms with Crippen molar-refractivity contribution >= 4 is 5.97 Å². The van der Waals surface area contributed by atoms with Gasteiger partial charge in [-0.3, -0.25) is 9.58 Å². The number of aromatic nitrogens is 4. The van der Waals surface area contributed by atoms with E-state index in [-0.39, 0.29) is 6.10 Å².